The number of benzene rings is 1. The highest BCUT2D eigenvalue weighted by atomic mass is 16.2. The molecule has 0 fully saturated rings. The van der Waals surface area contributed by atoms with Crippen LogP contribution in [0.1, 0.15) is 38.4 Å². The Morgan fingerprint density at radius 2 is 2.03 bits per heavy atom. The fourth-order valence-corrected chi connectivity index (χ4v) is 3.57. The number of amides is 1. The molecule has 154 valence electrons. The molecule has 4 N–H and O–H groups in total. The second kappa shape index (κ2) is 8.23. The molecule has 0 atom stereocenters. The summed E-state index contributed by atoms with van der Waals surface area (Å²) in [6.07, 6.45) is 7.23. The third-order valence-electron chi connectivity index (χ3n) is 5.27. The van der Waals surface area contributed by atoms with Gasteiger partial charge in [-0.25, -0.2) is 4.98 Å². The van der Waals surface area contributed by atoms with E-state index in [-0.39, 0.29) is 5.91 Å². The van der Waals surface area contributed by atoms with Gasteiger partial charge >= 0.3 is 0 Å². The van der Waals surface area contributed by atoms with Crippen molar-refractivity contribution in [3.05, 3.63) is 82.4 Å². The van der Waals surface area contributed by atoms with Crippen molar-refractivity contribution in [3.8, 4) is 0 Å². The molecule has 0 spiro atoms. The van der Waals surface area contributed by atoms with Crippen molar-refractivity contribution in [1.29, 1.82) is 5.41 Å². The number of aldehydes is 1. The summed E-state index contributed by atoms with van der Waals surface area (Å²) in [6, 6.07) is 11.1. The molecular weight excluding hydrogens is 390 g/mol. The maximum absolute atomic E-state index is 12.6. The van der Waals surface area contributed by atoms with Crippen molar-refractivity contribution in [3.63, 3.8) is 0 Å². The number of carbonyl (C=O) groups excluding carboxylic acids is 2. The minimum atomic E-state index is -0.210. The molecule has 2 aromatic heterocycles. The molecule has 0 saturated heterocycles. The average molecular weight is 411 g/mol. The number of H-pyrrole nitrogens is 1. The number of hydrogen-bond donors (Lipinski definition) is 4. The molecule has 4 rings (SSSR count). The van der Waals surface area contributed by atoms with E-state index in [9.17, 15) is 9.59 Å². The molecule has 3 heterocycles. The first-order valence-corrected chi connectivity index (χ1v) is 9.72. The Kier molecular flexibility index (Phi) is 5.32. The van der Waals surface area contributed by atoms with Gasteiger partial charge in [0.05, 0.1) is 5.57 Å². The SMILES string of the molecule is Cc1[nH]c(/C=C2\C(=O)Nc3ccc(/C(C=N)=C/Nc4ccccn4)cc32)c(C)c1C=O. The van der Waals surface area contributed by atoms with E-state index in [4.69, 9.17) is 5.41 Å². The molecule has 0 aliphatic carbocycles. The van der Waals surface area contributed by atoms with Crippen LogP contribution in [0.2, 0.25) is 0 Å². The van der Waals surface area contributed by atoms with E-state index in [1.54, 1.807) is 18.5 Å². The number of pyridine rings is 1. The Bertz CT molecular complexity index is 1250. The van der Waals surface area contributed by atoms with E-state index in [0.29, 0.717) is 28.2 Å². The predicted octanol–water partition coefficient (Wildman–Crippen LogP) is 4.43. The van der Waals surface area contributed by atoms with Crippen molar-refractivity contribution < 1.29 is 9.59 Å². The van der Waals surface area contributed by atoms with Crippen LogP contribution in [0.4, 0.5) is 11.5 Å². The predicted molar refractivity (Wildman–Crippen MR) is 123 cm³/mol. The third kappa shape index (κ3) is 3.81. The number of anilines is 2. The van der Waals surface area contributed by atoms with Gasteiger partial charge in [0.2, 0.25) is 0 Å². The molecule has 1 amide bonds. The van der Waals surface area contributed by atoms with Crippen LogP contribution in [0, 0.1) is 19.3 Å². The van der Waals surface area contributed by atoms with Gasteiger partial charge in [-0.2, -0.15) is 0 Å². The standard InChI is InChI=1S/C24H21N5O2/c1-14-20(13-30)15(2)28-22(14)10-19-18-9-16(6-7-21(18)29-24(19)31)17(11-25)12-27-23-5-3-4-8-26-23/h3-13,25,28H,1-2H3,(H,26,27)(H,29,31)/b17-12+,19-10-,25-11?. The quantitative estimate of drug-likeness (QED) is 0.273. The van der Waals surface area contributed by atoms with E-state index in [0.717, 1.165) is 34.4 Å². The highest BCUT2D eigenvalue weighted by Gasteiger charge is 2.25. The first-order chi connectivity index (χ1) is 15.0. The summed E-state index contributed by atoms with van der Waals surface area (Å²) in [5.41, 5.74) is 6.27. The van der Waals surface area contributed by atoms with E-state index in [1.807, 2.05) is 50.2 Å². The second-order valence-electron chi connectivity index (χ2n) is 7.20. The Labute approximate surface area is 179 Å². The molecule has 0 radical (unpaired) electrons. The largest absolute Gasteiger partial charge is 0.358 e. The summed E-state index contributed by atoms with van der Waals surface area (Å²) in [6.45, 7) is 3.68. The molecular formula is C24H21N5O2. The summed E-state index contributed by atoms with van der Waals surface area (Å²) >= 11 is 0. The van der Waals surface area contributed by atoms with Crippen LogP contribution < -0.4 is 10.6 Å². The number of nitrogens with zero attached hydrogens (tertiary/aromatic N) is 1. The first kappa shape index (κ1) is 20.0. The molecule has 1 aliphatic rings. The zero-order valence-corrected chi connectivity index (χ0v) is 17.1. The third-order valence-corrected chi connectivity index (χ3v) is 5.27. The maximum atomic E-state index is 12.6. The molecule has 3 aromatic rings. The summed E-state index contributed by atoms with van der Waals surface area (Å²) in [5, 5.41) is 13.8. The van der Waals surface area contributed by atoms with Crippen molar-refractivity contribution in [2.45, 2.75) is 13.8 Å². The first-order valence-electron chi connectivity index (χ1n) is 9.72. The number of fused-ring (bicyclic) bond motifs is 1. The Morgan fingerprint density at radius 3 is 2.71 bits per heavy atom. The van der Waals surface area contributed by atoms with Gasteiger partial charge in [0.25, 0.3) is 5.91 Å². The van der Waals surface area contributed by atoms with Crippen LogP contribution in [0.25, 0.3) is 17.2 Å². The Hall–Kier alpha value is -4.26. The number of carbonyl (C=O) groups is 2. The number of allylic oxidation sites excluding steroid dienone is 1. The smallest absolute Gasteiger partial charge is 0.256 e. The molecule has 7 nitrogen and oxygen atoms in total. The van der Waals surface area contributed by atoms with Gasteiger partial charge in [0, 0.05) is 52.4 Å². The fraction of sp³-hybridized carbons (Fsp3) is 0.0833. The van der Waals surface area contributed by atoms with Crippen LogP contribution in [0.3, 0.4) is 0 Å². The summed E-state index contributed by atoms with van der Waals surface area (Å²) in [7, 11) is 0. The maximum Gasteiger partial charge on any atom is 0.256 e. The van der Waals surface area contributed by atoms with E-state index >= 15 is 0 Å². The average Bonchev–Trinajstić information content (AvgIpc) is 3.24. The Balaban J connectivity index is 1.72. The molecule has 1 aliphatic heterocycles. The lowest BCUT2D eigenvalue weighted by Crippen LogP contribution is -2.03. The van der Waals surface area contributed by atoms with Crippen molar-refractivity contribution in [1.82, 2.24) is 9.97 Å². The second-order valence-corrected chi connectivity index (χ2v) is 7.20. The van der Waals surface area contributed by atoms with Gasteiger partial charge in [-0.05, 0) is 55.3 Å². The molecule has 0 saturated carbocycles. The normalized spacial score (nSPS) is 14.3. The van der Waals surface area contributed by atoms with Crippen LogP contribution in [-0.4, -0.2) is 28.4 Å². The lowest BCUT2D eigenvalue weighted by Gasteiger charge is -2.07. The van der Waals surface area contributed by atoms with E-state index < -0.39 is 0 Å². The van der Waals surface area contributed by atoms with Gasteiger partial charge < -0.3 is 21.0 Å². The van der Waals surface area contributed by atoms with E-state index in [2.05, 4.69) is 20.6 Å². The topological polar surface area (TPSA) is 111 Å². The molecule has 0 bridgehead atoms. The minimum absolute atomic E-state index is 0.210. The molecule has 0 unspecified atom stereocenters. The van der Waals surface area contributed by atoms with Crippen LogP contribution >= 0.6 is 0 Å². The summed E-state index contributed by atoms with van der Waals surface area (Å²) < 4.78 is 0. The lowest BCUT2D eigenvalue weighted by atomic mass is 9.99. The van der Waals surface area contributed by atoms with E-state index in [1.165, 1.54) is 6.21 Å². The molecule has 31 heavy (non-hydrogen) atoms. The van der Waals surface area contributed by atoms with Crippen molar-refractivity contribution in [2.75, 3.05) is 10.6 Å². The minimum Gasteiger partial charge on any atom is -0.358 e. The monoisotopic (exact) mass is 411 g/mol. The van der Waals surface area contributed by atoms with Crippen LogP contribution in [-0.2, 0) is 4.79 Å². The number of aryl methyl sites for hydroxylation is 1. The highest BCUT2D eigenvalue weighted by molar-refractivity contribution is 6.35. The lowest BCUT2D eigenvalue weighted by molar-refractivity contribution is -0.110. The van der Waals surface area contributed by atoms with Crippen molar-refractivity contribution >= 4 is 47.1 Å². The Morgan fingerprint density at radius 1 is 1.19 bits per heavy atom. The van der Waals surface area contributed by atoms with Gasteiger partial charge in [-0.3, -0.25) is 9.59 Å². The van der Waals surface area contributed by atoms with Crippen molar-refractivity contribution in [2.24, 2.45) is 0 Å². The number of rotatable bonds is 6. The zero-order chi connectivity index (χ0) is 22.0. The summed E-state index contributed by atoms with van der Waals surface area (Å²) in [5.74, 6) is 0.461. The van der Waals surface area contributed by atoms with Gasteiger partial charge in [-0.1, -0.05) is 12.1 Å². The fourth-order valence-electron chi connectivity index (χ4n) is 3.57. The van der Waals surface area contributed by atoms with Crippen LogP contribution in [0.5, 0.6) is 0 Å². The molecule has 1 aromatic carbocycles. The summed E-state index contributed by atoms with van der Waals surface area (Å²) in [4.78, 5) is 31.3. The van der Waals surface area contributed by atoms with Crippen LogP contribution in [0.15, 0.2) is 48.8 Å². The number of aromatic amines is 1. The zero-order valence-electron chi connectivity index (χ0n) is 17.1. The highest BCUT2D eigenvalue weighted by Crippen LogP contribution is 2.35. The van der Waals surface area contributed by atoms with Gasteiger partial charge in [0.15, 0.2) is 6.29 Å². The van der Waals surface area contributed by atoms with Gasteiger partial charge in [0.1, 0.15) is 5.82 Å². The number of aromatic nitrogens is 2. The molecule has 7 heteroatoms. The van der Waals surface area contributed by atoms with Gasteiger partial charge in [-0.15, -0.1) is 0 Å². The number of hydrogen-bond acceptors (Lipinski definition) is 5. The number of nitrogens with one attached hydrogen (secondary N) is 4.